The number of ether oxygens (including phenoxy) is 2. The molecular formula is C12H13NO3. The molecule has 0 aliphatic carbocycles. The Morgan fingerprint density at radius 2 is 2.31 bits per heavy atom. The smallest absolute Gasteiger partial charge is 0.120 e. The SMILES string of the molecule is N#Cc1cccc(OCC2(CO)COC2)c1. The molecule has 1 fully saturated rings. The second kappa shape index (κ2) is 4.52. The van der Waals surface area contributed by atoms with Crippen molar-refractivity contribution in [1.82, 2.24) is 0 Å². The number of aliphatic hydroxyl groups is 1. The van der Waals surface area contributed by atoms with Crippen molar-refractivity contribution in [3.05, 3.63) is 29.8 Å². The van der Waals surface area contributed by atoms with Crippen molar-refractivity contribution in [1.29, 1.82) is 5.26 Å². The highest BCUT2D eigenvalue weighted by Gasteiger charge is 2.39. The molecule has 1 aliphatic heterocycles. The van der Waals surface area contributed by atoms with Gasteiger partial charge in [-0.2, -0.15) is 5.26 Å². The lowest BCUT2D eigenvalue weighted by Crippen LogP contribution is -2.49. The normalized spacial score (nSPS) is 17.2. The number of nitrogens with zero attached hydrogens (tertiary/aromatic N) is 1. The minimum absolute atomic E-state index is 0.0605. The zero-order valence-electron chi connectivity index (χ0n) is 8.85. The maximum atomic E-state index is 9.20. The van der Waals surface area contributed by atoms with Crippen LogP contribution in [0.4, 0.5) is 0 Å². The Labute approximate surface area is 94.0 Å². The maximum Gasteiger partial charge on any atom is 0.120 e. The van der Waals surface area contributed by atoms with E-state index >= 15 is 0 Å². The maximum absolute atomic E-state index is 9.20. The fraction of sp³-hybridized carbons (Fsp3) is 0.417. The van der Waals surface area contributed by atoms with Crippen molar-refractivity contribution in [2.45, 2.75) is 0 Å². The number of hydrogen-bond donors (Lipinski definition) is 1. The molecule has 84 valence electrons. The predicted octanol–water partition coefficient (Wildman–Crippen LogP) is 0.946. The molecule has 1 aromatic carbocycles. The molecule has 0 aromatic heterocycles. The van der Waals surface area contributed by atoms with Crippen molar-refractivity contribution in [3.8, 4) is 11.8 Å². The van der Waals surface area contributed by atoms with Crippen LogP contribution in [0.2, 0.25) is 0 Å². The Morgan fingerprint density at radius 1 is 1.50 bits per heavy atom. The summed E-state index contributed by atoms with van der Waals surface area (Å²) < 4.78 is 10.6. The molecule has 4 heteroatoms. The van der Waals surface area contributed by atoms with Gasteiger partial charge in [-0.25, -0.2) is 0 Å². The first-order valence-electron chi connectivity index (χ1n) is 5.10. The standard InChI is InChI=1S/C12H13NO3/c13-5-10-2-1-3-11(4-10)16-9-12(6-14)7-15-8-12/h1-4,14H,6-9H2. The number of hydrogen-bond acceptors (Lipinski definition) is 4. The molecule has 1 aromatic rings. The van der Waals surface area contributed by atoms with E-state index in [-0.39, 0.29) is 12.0 Å². The van der Waals surface area contributed by atoms with Gasteiger partial charge in [-0.3, -0.25) is 0 Å². The zero-order valence-corrected chi connectivity index (χ0v) is 8.85. The molecule has 2 rings (SSSR count). The number of nitriles is 1. The monoisotopic (exact) mass is 219 g/mol. The van der Waals surface area contributed by atoms with Crippen LogP contribution in [0.25, 0.3) is 0 Å². The van der Waals surface area contributed by atoms with E-state index in [1.54, 1.807) is 24.3 Å². The first-order valence-corrected chi connectivity index (χ1v) is 5.10. The van der Waals surface area contributed by atoms with Gasteiger partial charge in [0.1, 0.15) is 12.4 Å². The minimum atomic E-state index is -0.261. The molecule has 4 nitrogen and oxygen atoms in total. The predicted molar refractivity (Wildman–Crippen MR) is 57.0 cm³/mol. The minimum Gasteiger partial charge on any atom is -0.493 e. The summed E-state index contributed by atoms with van der Waals surface area (Å²) in [4.78, 5) is 0. The molecule has 0 unspecified atom stereocenters. The molecule has 0 spiro atoms. The second-order valence-electron chi connectivity index (χ2n) is 4.08. The molecule has 1 N–H and O–H groups in total. The average Bonchev–Trinajstić information content (AvgIpc) is 2.29. The summed E-state index contributed by atoms with van der Waals surface area (Å²) in [6.07, 6.45) is 0. The third kappa shape index (κ3) is 2.16. The van der Waals surface area contributed by atoms with Gasteiger partial charge in [-0.05, 0) is 18.2 Å². The van der Waals surface area contributed by atoms with E-state index in [0.29, 0.717) is 31.1 Å². The van der Waals surface area contributed by atoms with Crippen LogP contribution in [-0.2, 0) is 4.74 Å². The van der Waals surface area contributed by atoms with Gasteiger partial charge in [0.2, 0.25) is 0 Å². The van der Waals surface area contributed by atoms with Gasteiger partial charge < -0.3 is 14.6 Å². The van der Waals surface area contributed by atoms with Crippen LogP contribution in [0.1, 0.15) is 5.56 Å². The first-order chi connectivity index (χ1) is 7.78. The van der Waals surface area contributed by atoms with E-state index in [1.165, 1.54) is 0 Å². The summed E-state index contributed by atoms with van der Waals surface area (Å²) in [5.74, 6) is 0.652. The third-order valence-electron chi connectivity index (χ3n) is 2.66. The number of aliphatic hydroxyl groups excluding tert-OH is 1. The molecule has 0 saturated carbocycles. The van der Waals surface area contributed by atoms with E-state index in [0.717, 1.165) is 0 Å². The number of rotatable bonds is 4. The lowest BCUT2D eigenvalue weighted by molar-refractivity contribution is -0.153. The van der Waals surface area contributed by atoms with Crippen molar-refractivity contribution < 1.29 is 14.6 Å². The van der Waals surface area contributed by atoms with Gasteiger partial charge in [-0.1, -0.05) is 6.07 Å². The van der Waals surface area contributed by atoms with Crippen LogP contribution in [-0.4, -0.2) is 31.5 Å². The summed E-state index contributed by atoms with van der Waals surface area (Å²) in [7, 11) is 0. The molecule has 1 saturated heterocycles. The molecule has 1 heterocycles. The molecular weight excluding hydrogens is 206 g/mol. The number of benzene rings is 1. The molecule has 0 amide bonds. The van der Waals surface area contributed by atoms with Crippen LogP contribution >= 0.6 is 0 Å². The molecule has 16 heavy (non-hydrogen) atoms. The van der Waals surface area contributed by atoms with Crippen LogP contribution in [0.5, 0.6) is 5.75 Å². The van der Waals surface area contributed by atoms with E-state index < -0.39 is 0 Å². The first kappa shape index (κ1) is 10.9. The van der Waals surface area contributed by atoms with Crippen molar-refractivity contribution >= 4 is 0 Å². The van der Waals surface area contributed by atoms with Crippen LogP contribution < -0.4 is 4.74 Å². The zero-order chi connectivity index (χ0) is 11.4. The van der Waals surface area contributed by atoms with Gasteiger partial charge >= 0.3 is 0 Å². The van der Waals surface area contributed by atoms with Crippen molar-refractivity contribution in [2.75, 3.05) is 26.4 Å². The van der Waals surface area contributed by atoms with Crippen molar-refractivity contribution in [2.24, 2.45) is 5.41 Å². The Morgan fingerprint density at radius 3 is 2.88 bits per heavy atom. The van der Waals surface area contributed by atoms with Gasteiger partial charge in [0, 0.05) is 0 Å². The van der Waals surface area contributed by atoms with E-state index in [2.05, 4.69) is 6.07 Å². The summed E-state index contributed by atoms with van der Waals surface area (Å²) in [6, 6.07) is 9.03. The largest absolute Gasteiger partial charge is 0.493 e. The highest BCUT2D eigenvalue weighted by Crippen LogP contribution is 2.28. The Balaban J connectivity index is 1.96. The quantitative estimate of drug-likeness (QED) is 0.818. The Hall–Kier alpha value is -1.57. The van der Waals surface area contributed by atoms with Crippen LogP contribution in [0.15, 0.2) is 24.3 Å². The second-order valence-corrected chi connectivity index (χ2v) is 4.08. The summed E-state index contributed by atoms with van der Waals surface area (Å²) in [5.41, 5.74) is 0.309. The lowest BCUT2D eigenvalue weighted by Gasteiger charge is -2.39. The van der Waals surface area contributed by atoms with E-state index in [1.807, 2.05) is 0 Å². The van der Waals surface area contributed by atoms with Gasteiger partial charge in [0.25, 0.3) is 0 Å². The van der Waals surface area contributed by atoms with Crippen molar-refractivity contribution in [3.63, 3.8) is 0 Å². The molecule has 0 bridgehead atoms. The average molecular weight is 219 g/mol. The van der Waals surface area contributed by atoms with Crippen LogP contribution in [0.3, 0.4) is 0 Å². The topological polar surface area (TPSA) is 62.5 Å². The fourth-order valence-electron chi connectivity index (χ4n) is 1.50. The van der Waals surface area contributed by atoms with E-state index in [4.69, 9.17) is 14.7 Å². The van der Waals surface area contributed by atoms with E-state index in [9.17, 15) is 5.11 Å². The molecule has 1 aliphatic rings. The highest BCUT2D eigenvalue weighted by molar-refractivity contribution is 5.36. The Kier molecular flexibility index (Phi) is 3.09. The summed E-state index contributed by atoms with van der Waals surface area (Å²) in [6.45, 7) is 1.53. The van der Waals surface area contributed by atoms with Gasteiger partial charge in [0.15, 0.2) is 0 Å². The molecule has 0 atom stereocenters. The lowest BCUT2D eigenvalue weighted by atomic mass is 9.88. The van der Waals surface area contributed by atoms with Gasteiger partial charge in [0.05, 0.1) is 36.9 Å². The van der Waals surface area contributed by atoms with Gasteiger partial charge in [-0.15, -0.1) is 0 Å². The third-order valence-corrected chi connectivity index (χ3v) is 2.66. The van der Waals surface area contributed by atoms with Crippen LogP contribution in [0, 0.1) is 16.7 Å². The highest BCUT2D eigenvalue weighted by atomic mass is 16.5. The summed E-state index contributed by atoms with van der Waals surface area (Å²) >= 11 is 0. The fourth-order valence-corrected chi connectivity index (χ4v) is 1.50. The Bertz CT molecular complexity index is 401. The molecule has 0 radical (unpaired) electrons. The summed E-state index contributed by atoms with van der Waals surface area (Å²) in [5, 5.41) is 17.9.